The van der Waals surface area contributed by atoms with Gasteiger partial charge in [0, 0.05) is 6.21 Å². The SMILES string of the molecule is C1=CC2NC=CC2N=C1.CC. The van der Waals surface area contributed by atoms with Gasteiger partial charge in [0.25, 0.3) is 0 Å². The van der Waals surface area contributed by atoms with Crippen LogP contribution in [-0.2, 0) is 0 Å². The van der Waals surface area contributed by atoms with Crippen molar-refractivity contribution in [3.05, 3.63) is 24.4 Å². The molecule has 2 nitrogen and oxygen atoms in total. The Morgan fingerprint density at radius 1 is 1.27 bits per heavy atom. The van der Waals surface area contributed by atoms with Crippen molar-refractivity contribution in [2.24, 2.45) is 4.99 Å². The molecule has 2 aliphatic rings. The summed E-state index contributed by atoms with van der Waals surface area (Å²) in [4.78, 5) is 4.23. The summed E-state index contributed by atoms with van der Waals surface area (Å²) in [5, 5.41) is 3.18. The Morgan fingerprint density at radius 3 is 2.82 bits per heavy atom. The molecule has 2 unspecified atom stereocenters. The third-order valence-corrected chi connectivity index (χ3v) is 1.61. The molecule has 2 atom stereocenters. The van der Waals surface area contributed by atoms with Crippen molar-refractivity contribution in [1.29, 1.82) is 0 Å². The summed E-state index contributed by atoms with van der Waals surface area (Å²) < 4.78 is 0. The van der Waals surface area contributed by atoms with Gasteiger partial charge in [-0.3, -0.25) is 4.99 Å². The van der Waals surface area contributed by atoms with Crippen LogP contribution in [0.15, 0.2) is 29.4 Å². The number of nitrogens with one attached hydrogen (secondary N) is 1. The van der Waals surface area contributed by atoms with Crippen molar-refractivity contribution >= 4 is 6.21 Å². The third-order valence-electron chi connectivity index (χ3n) is 1.61. The molecule has 0 aromatic rings. The predicted octanol–water partition coefficient (Wildman–Crippen LogP) is 1.51. The van der Waals surface area contributed by atoms with E-state index in [-0.39, 0.29) is 0 Å². The van der Waals surface area contributed by atoms with Crippen molar-refractivity contribution in [2.45, 2.75) is 25.9 Å². The molecule has 11 heavy (non-hydrogen) atoms. The van der Waals surface area contributed by atoms with Crippen LogP contribution in [0.1, 0.15) is 13.8 Å². The molecule has 0 spiro atoms. The first-order chi connectivity index (χ1) is 5.47. The molecule has 2 heterocycles. The molecule has 0 aromatic heterocycles. The molecule has 2 rings (SSSR count). The molecular formula is C9H14N2. The van der Waals surface area contributed by atoms with Crippen LogP contribution in [0.25, 0.3) is 0 Å². The first-order valence-electron chi connectivity index (χ1n) is 4.09. The summed E-state index contributed by atoms with van der Waals surface area (Å²) in [6.07, 6.45) is 9.98. The molecule has 2 heteroatoms. The van der Waals surface area contributed by atoms with Crippen LogP contribution in [0.3, 0.4) is 0 Å². The Bertz CT molecular complexity index is 192. The van der Waals surface area contributed by atoms with Crippen molar-refractivity contribution in [1.82, 2.24) is 5.32 Å². The monoisotopic (exact) mass is 150 g/mol. The van der Waals surface area contributed by atoms with Gasteiger partial charge in [0.1, 0.15) is 0 Å². The maximum Gasteiger partial charge on any atom is 0.0933 e. The van der Waals surface area contributed by atoms with Gasteiger partial charge in [0.2, 0.25) is 0 Å². The number of dihydropyridines is 1. The van der Waals surface area contributed by atoms with E-state index in [0.717, 1.165) is 0 Å². The van der Waals surface area contributed by atoms with Crippen molar-refractivity contribution in [2.75, 3.05) is 0 Å². The zero-order valence-corrected chi connectivity index (χ0v) is 6.99. The van der Waals surface area contributed by atoms with E-state index in [4.69, 9.17) is 0 Å². The van der Waals surface area contributed by atoms with Crippen LogP contribution in [0.4, 0.5) is 0 Å². The highest BCUT2D eigenvalue weighted by Crippen LogP contribution is 2.10. The second-order valence-corrected chi connectivity index (χ2v) is 2.23. The fourth-order valence-corrected chi connectivity index (χ4v) is 1.11. The van der Waals surface area contributed by atoms with Crippen molar-refractivity contribution in [3.63, 3.8) is 0 Å². The first kappa shape index (κ1) is 8.05. The summed E-state index contributed by atoms with van der Waals surface area (Å²) >= 11 is 0. The summed E-state index contributed by atoms with van der Waals surface area (Å²) in [7, 11) is 0. The minimum atomic E-state index is 0.356. The molecule has 0 saturated carbocycles. The highest BCUT2D eigenvalue weighted by Gasteiger charge is 2.18. The smallest absolute Gasteiger partial charge is 0.0933 e. The first-order valence-corrected chi connectivity index (χ1v) is 4.09. The molecule has 2 aliphatic heterocycles. The molecule has 0 aromatic carbocycles. The van der Waals surface area contributed by atoms with Gasteiger partial charge < -0.3 is 5.32 Å². The average Bonchev–Trinajstić information content (AvgIpc) is 2.55. The van der Waals surface area contributed by atoms with Gasteiger partial charge in [-0.05, 0) is 18.4 Å². The normalized spacial score (nSPS) is 30.4. The molecule has 1 N–H and O–H groups in total. The van der Waals surface area contributed by atoms with Gasteiger partial charge in [-0.25, -0.2) is 0 Å². The zero-order chi connectivity index (χ0) is 8.10. The Labute approximate surface area is 67.7 Å². The largest absolute Gasteiger partial charge is 0.382 e. The second-order valence-electron chi connectivity index (χ2n) is 2.23. The van der Waals surface area contributed by atoms with E-state index in [1.165, 1.54) is 0 Å². The number of rotatable bonds is 0. The molecule has 0 fully saturated rings. The minimum Gasteiger partial charge on any atom is -0.382 e. The van der Waals surface area contributed by atoms with Crippen molar-refractivity contribution in [3.8, 4) is 0 Å². The van der Waals surface area contributed by atoms with Crippen molar-refractivity contribution < 1.29 is 0 Å². The van der Waals surface area contributed by atoms with E-state index < -0.39 is 0 Å². The molecule has 0 radical (unpaired) electrons. The number of hydrogen-bond donors (Lipinski definition) is 1. The van der Waals surface area contributed by atoms with Crippen LogP contribution < -0.4 is 5.32 Å². The van der Waals surface area contributed by atoms with Crippen LogP contribution in [0.2, 0.25) is 0 Å². The predicted molar refractivity (Wildman–Crippen MR) is 48.8 cm³/mol. The van der Waals surface area contributed by atoms with Gasteiger partial charge in [0.05, 0.1) is 12.1 Å². The average molecular weight is 150 g/mol. The quantitative estimate of drug-likeness (QED) is 0.556. The van der Waals surface area contributed by atoms with Gasteiger partial charge >= 0.3 is 0 Å². The molecule has 0 bridgehead atoms. The van der Waals surface area contributed by atoms with E-state index >= 15 is 0 Å². The molecule has 60 valence electrons. The zero-order valence-electron chi connectivity index (χ0n) is 6.99. The third kappa shape index (κ3) is 1.70. The number of nitrogens with zero attached hydrogens (tertiary/aromatic N) is 1. The van der Waals surface area contributed by atoms with Gasteiger partial charge in [-0.15, -0.1) is 0 Å². The lowest BCUT2D eigenvalue weighted by Crippen LogP contribution is -2.28. The van der Waals surface area contributed by atoms with Crippen LogP contribution in [0.5, 0.6) is 0 Å². The lowest BCUT2D eigenvalue weighted by molar-refractivity contribution is 0.668. The number of allylic oxidation sites excluding steroid dienone is 1. The maximum absolute atomic E-state index is 4.23. The highest BCUT2D eigenvalue weighted by molar-refractivity contribution is 5.73. The summed E-state index contributed by atoms with van der Waals surface area (Å²) in [5.41, 5.74) is 0. The highest BCUT2D eigenvalue weighted by atomic mass is 15.0. The standard InChI is InChI=1S/C7H8N2.C2H6/c1-2-6-7(8-4-1)3-5-9-6;1-2/h1-7,9H;1-2H3. The number of fused-ring (bicyclic) bond motifs is 1. The van der Waals surface area contributed by atoms with E-state index in [2.05, 4.69) is 22.5 Å². The molecule has 0 amide bonds. The van der Waals surface area contributed by atoms with Crippen LogP contribution in [-0.4, -0.2) is 18.3 Å². The lowest BCUT2D eigenvalue weighted by atomic mass is 10.1. The Hall–Kier alpha value is -1.05. The lowest BCUT2D eigenvalue weighted by Gasteiger charge is -2.13. The Kier molecular flexibility index (Phi) is 2.90. The topological polar surface area (TPSA) is 24.4 Å². The van der Waals surface area contributed by atoms with E-state index in [0.29, 0.717) is 12.1 Å². The van der Waals surface area contributed by atoms with E-state index in [1.807, 2.05) is 32.3 Å². The molecular weight excluding hydrogens is 136 g/mol. The van der Waals surface area contributed by atoms with E-state index in [1.54, 1.807) is 0 Å². The summed E-state index contributed by atoms with van der Waals surface area (Å²) in [6, 6.07) is 0.782. The van der Waals surface area contributed by atoms with E-state index in [9.17, 15) is 0 Å². The fourth-order valence-electron chi connectivity index (χ4n) is 1.11. The number of aliphatic imine (C=N–C) groups is 1. The van der Waals surface area contributed by atoms with Gasteiger partial charge in [-0.2, -0.15) is 0 Å². The molecule has 0 aliphatic carbocycles. The van der Waals surface area contributed by atoms with Gasteiger partial charge in [0.15, 0.2) is 0 Å². The van der Waals surface area contributed by atoms with Crippen LogP contribution >= 0.6 is 0 Å². The maximum atomic E-state index is 4.23. The Morgan fingerprint density at radius 2 is 2.09 bits per heavy atom. The molecule has 0 saturated heterocycles. The summed E-state index contributed by atoms with van der Waals surface area (Å²) in [6.45, 7) is 4.00. The Balaban J connectivity index is 0.000000281. The fraction of sp³-hybridized carbons (Fsp3) is 0.444. The van der Waals surface area contributed by atoms with Crippen LogP contribution in [0, 0.1) is 0 Å². The van der Waals surface area contributed by atoms with Gasteiger partial charge in [-0.1, -0.05) is 19.9 Å². The second kappa shape index (κ2) is 3.96. The number of hydrogen-bond acceptors (Lipinski definition) is 2. The summed E-state index contributed by atoms with van der Waals surface area (Å²) in [5.74, 6) is 0. The minimum absolute atomic E-state index is 0.356.